The van der Waals surface area contributed by atoms with Gasteiger partial charge in [0, 0.05) is 19.7 Å². The molecule has 0 aromatic carbocycles. The fourth-order valence-corrected chi connectivity index (χ4v) is 1.95. The van der Waals surface area contributed by atoms with E-state index in [1.807, 2.05) is 13.8 Å². The maximum Gasteiger partial charge on any atom is 0.329 e. The minimum absolute atomic E-state index is 0.203. The van der Waals surface area contributed by atoms with Gasteiger partial charge >= 0.3 is 6.03 Å². The van der Waals surface area contributed by atoms with Crippen LogP contribution in [0.4, 0.5) is 10.7 Å². The van der Waals surface area contributed by atoms with Gasteiger partial charge in [-0.1, -0.05) is 11.2 Å². The fourth-order valence-electron chi connectivity index (χ4n) is 1.95. The molecule has 0 radical (unpaired) electrons. The minimum Gasteiger partial charge on any atom is -0.372 e. The van der Waals surface area contributed by atoms with Crippen molar-refractivity contribution in [3.05, 3.63) is 24.4 Å². The Bertz CT molecular complexity index is 511. The molecule has 1 atom stereocenters. The number of methoxy groups -OCH3 is 1. The molecule has 1 aliphatic heterocycles. The first-order valence-corrected chi connectivity index (χ1v) is 6.30. The molecule has 2 heterocycles. The average molecular weight is 281 g/mol. The lowest BCUT2D eigenvalue weighted by Gasteiger charge is -2.19. The number of carbonyl (C=O) groups excluding carboxylic acids is 1. The van der Waals surface area contributed by atoms with Gasteiger partial charge in [0.1, 0.15) is 11.3 Å². The molecule has 110 valence electrons. The van der Waals surface area contributed by atoms with Crippen molar-refractivity contribution in [2.45, 2.75) is 25.7 Å². The summed E-state index contributed by atoms with van der Waals surface area (Å²) in [5.74, 6) is 0.203. The molecule has 1 saturated heterocycles. The van der Waals surface area contributed by atoms with E-state index in [9.17, 15) is 9.90 Å². The molecule has 0 bridgehead atoms. The number of aromatic nitrogens is 1. The van der Waals surface area contributed by atoms with Gasteiger partial charge in [0.25, 0.3) is 0 Å². The third kappa shape index (κ3) is 2.41. The Morgan fingerprint density at radius 1 is 1.70 bits per heavy atom. The number of anilines is 1. The van der Waals surface area contributed by atoms with Crippen LogP contribution >= 0.6 is 0 Å². The van der Waals surface area contributed by atoms with Crippen LogP contribution in [0, 0.1) is 0 Å². The molecule has 1 fully saturated rings. The number of amides is 2. The zero-order chi connectivity index (χ0) is 14.9. The second kappa shape index (κ2) is 5.26. The van der Waals surface area contributed by atoms with Crippen LogP contribution < -0.4 is 4.90 Å². The lowest BCUT2D eigenvalue weighted by Crippen LogP contribution is -2.34. The molecule has 20 heavy (non-hydrogen) atoms. The summed E-state index contributed by atoms with van der Waals surface area (Å²) in [4.78, 5) is 14.8. The quantitative estimate of drug-likeness (QED) is 0.823. The Labute approximate surface area is 117 Å². The number of hydrogen-bond acceptors (Lipinski definition) is 5. The monoisotopic (exact) mass is 281 g/mol. The van der Waals surface area contributed by atoms with Crippen LogP contribution in [0.1, 0.15) is 19.5 Å². The molecule has 7 nitrogen and oxygen atoms in total. The van der Waals surface area contributed by atoms with Crippen molar-refractivity contribution in [3.63, 3.8) is 0 Å². The van der Waals surface area contributed by atoms with Gasteiger partial charge in [-0.05, 0) is 13.8 Å². The standard InChI is InChI=1S/C13H19N3O4/c1-5-6-15-8-10(17)16(12(15)18)11-7-9(14-20-11)13(2,3)19-4/h5,7,10,17H,1,6,8H2,2-4H3. The van der Waals surface area contributed by atoms with Gasteiger partial charge in [-0.25, -0.2) is 9.69 Å². The van der Waals surface area contributed by atoms with Crippen molar-refractivity contribution >= 4 is 11.9 Å². The molecule has 7 heteroatoms. The van der Waals surface area contributed by atoms with Crippen LogP contribution in [-0.2, 0) is 10.3 Å². The van der Waals surface area contributed by atoms with Crippen molar-refractivity contribution in [1.29, 1.82) is 0 Å². The van der Waals surface area contributed by atoms with E-state index < -0.39 is 11.8 Å². The summed E-state index contributed by atoms with van der Waals surface area (Å²) in [5.41, 5.74) is -0.0758. The van der Waals surface area contributed by atoms with Crippen LogP contribution in [0.25, 0.3) is 0 Å². The molecule has 2 rings (SSSR count). The van der Waals surface area contributed by atoms with E-state index in [0.717, 1.165) is 0 Å². The molecule has 1 aromatic heterocycles. The summed E-state index contributed by atoms with van der Waals surface area (Å²) in [7, 11) is 1.57. The molecule has 0 saturated carbocycles. The Balaban J connectivity index is 2.24. The van der Waals surface area contributed by atoms with Crippen molar-refractivity contribution in [3.8, 4) is 0 Å². The van der Waals surface area contributed by atoms with Gasteiger partial charge in [-0.15, -0.1) is 6.58 Å². The molecule has 2 amide bonds. The maximum absolute atomic E-state index is 12.2. The molecule has 1 aromatic rings. The van der Waals surface area contributed by atoms with E-state index in [1.165, 1.54) is 9.80 Å². The molecule has 1 aliphatic rings. The number of rotatable bonds is 5. The number of urea groups is 1. The number of nitrogens with zero attached hydrogens (tertiary/aromatic N) is 3. The highest BCUT2D eigenvalue weighted by Crippen LogP contribution is 2.29. The fraction of sp³-hybridized carbons (Fsp3) is 0.538. The lowest BCUT2D eigenvalue weighted by atomic mass is 10.1. The van der Waals surface area contributed by atoms with Crippen molar-refractivity contribution in [2.75, 3.05) is 25.1 Å². The summed E-state index contributed by atoms with van der Waals surface area (Å²) in [6.45, 7) is 7.83. The Kier molecular flexibility index (Phi) is 3.82. The van der Waals surface area contributed by atoms with Crippen LogP contribution in [0.3, 0.4) is 0 Å². The summed E-state index contributed by atoms with van der Waals surface area (Å²) in [5, 5.41) is 13.9. The number of hydrogen-bond donors (Lipinski definition) is 1. The molecule has 0 spiro atoms. The molecular formula is C13H19N3O4. The normalized spacial score (nSPS) is 19.8. The topological polar surface area (TPSA) is 79.0 Å². The van der Waals surface area contributed by atoms with Gasteiger partial charge in [0.15, 0.2) is 6.23 Å². The summed E-state index contributed by atoms with van der Waals surface area (Å²) >= 11 is 0. The Morgan fingerprint density at radius 3 is 3.00 bits per heavy atom. The maximum atomic E-state index is 12.2. The first-order chi connectivity index (χ1) is 9.40. The molecule has 1 unspecified atom stereocenters. The second-order valence-corrected chi connectivity index (χ2v) is 5.09. The van der Waals surface area contributed by atoms with Crippen molar-refractivity contribution in [2.24, 2.45) is 0 Å². The smallest absolute Gasteiger partial charge is 0.329 e. The van der Waals surface area contributed by atoms with Crippen LogP contribution in [0.2, 0.25) is 0 Å². The number of β-amino-alcohol motifs (C(OH)–C–C–N with tert-alkyl or cyclic N) is 1. The van der Waals surface area contributed by atoms with Crippen molar-refractivity contribution in [1.82, 2.24) is 10.1 Å². The van der Waals surface area contributed by atoms with Gasteiger partial charge in [-0.2, -0.15) is 0 Å². The van der Waals surface area contributed by atoms with E-state index >= 15 is 0 Å². The van der Waals surface area contributed by atoms with Gasteiger partial charge < -0.3 is 19.3 Å². The van der Waals surface area contributed by atoms with E-state index in [-0.39, 0.29) is 18.5 Å². The third-order valence-electron chi connectivity index (χ3n) is 3.37. The summed E-state index contributed by atoms with van der Waals surface area (Å²) < 4.78 is 10.5. The SMILES string of the molecule is C=CCN1CC(O)N(c2cc(C(C)(C)OC)no2)C1=O. The lowest BCUT2D eigenvalue weighted by molar-refractivity contribution is 0.0130. The van der Waals surface area contributed by atoms with E-state index in [1.54, 1.807) is 19.3 Å². The summed E-state index contributed by atoms with van der Waals surface area (Å²) in [6.07, 6.45) is 0.641. The molecular weight excluding hydrogens is 262 g/mol. The number of aliphatic hydroxyl groups is 1. The highest BCUT2D eigenvalue weighted by molar-refractivity contribution is 5.93. The minimum atomic E-state index is -0.964. The number of ether oxygens (including phenoxy) is 1. The third-order valence-corrected chi connectivity index (χ3v) is 3.37. The summed E-state index contributed by atoms with van der Waals surface area (Å²) in [6, 6.07) is 1.26. The predicted molar refractivity (Wildman–Crippen MR) is 72.2 cm³/mol. The van der Waals surface area contributed by atoms with Gasteiger partial charge in [-0.3, -0.25) is 0 Å². The van der Waals surface area contributed by atoms with Crippen molar-refractivity contribution < 1.29 is 19.2 Å². The molecule has 1 N–H and O–H groups in total. The average Bonchev–Trinajstić information content (AvgIpc) is 2.97. The Hall–Kier alpha value is -1.86. The zero-order valence-electron chi connectivity index (χ0n) is 11.9. The van der Waals surface area contributed by atoms with E-state index in [4.69, 9.17) is 9.26 Å². The first kappa shape index (κ1) is 14.5. The largest absolute Gasteiger partial charge is 0.372 e. The second-order valence-electron chi connectivity index (χ2n) is 5.09. The molecule has 0 aliphatic carbocycles. The van der Waals surface area contributed by atoms with Crippen LogP contribution in [-0.4, -0.2) is 47.6 Å². The van der Waals surface area contributed by atoms with Crippen LogP contribution in [0.5, 0.6) is 0 Å². The Morgan fingerprint density at radius 2 is 2.40 bits per heavy atom. The highest BCUT2D eigenvalue weighted by atomic mass is 16.5. The number of carbonyl (C=O) groups is 1. The van der Waals surface area contributed by atoms with Gasteiger partial charge in [0.2, 0.25) is 5.88 Å². The number of aliphatic hydroxyl groups excluding tert-OH is 1. The van der Waals surface area contributed by atoms with Crippen LogP contribution in [0.15, 0.2) is 23.2 Å². The van der Waals surface area contributed by atoms with E-state index in [2.05, 4.69) is 11.7 Å². The zero-order valence-corrected chi connectivity index (χ0v) is 11.9. The highest BCUT2D eigenvalue weighted by Gasteiger charge is 2.39. The predicted octanol–water partition coefficient (Wildman–Crippen LogP) is 1.30. The van der Waals surface area contributed by atoms with Gasteiger partial charge in [0.05, 0.1) is 6.54 Å². The van der Waals surface area contributed by atoms with E-state index in [0.29, 0.717) is 12.2 Å². The first-order valence-electron chi connectivity index (χ1n) is 6.30.